The molecule has 4 heteroatoms. The minimum absolute atomic E-state index is 0.0838. The Bertz CT molecular complexity index is 424. The van der Waals surface area contributed by atoms with Gasteiger partial charge >= 0.3 is 0 Å². The Morgan fingerprint density at radius 2 is 2.05 bits per heavy atom. The zero-order chi connectivity index (χ0) is 14.5. The summed E-state index contributed by atoms with van der Waals surface area (Å²) in [5.74, 6) is 0.969. The number of hydrogen-bond acceptors (Lipinski definition) is 4. The van der Waals surface area contributed by atoms with E-state index < -0.39 is 0 Å². The highest BCUT2D eigenvalue weighted by Gasteiger charge is 2.27. The maximum Gasteiger partial charge on any atom is 0.119 e. The molecule has 4 nitrogen and oxygen atoms in total. The number of nitrogens with one attached hydrogen (secondary N) is 1. The molecular weight excluding hydrogens is 266 g/mol. The molecule has 1 aliphatic heterocycles. The van der Waals surface area contributed by atoms with Crippen molar-refractivity contribution < 1.29 is 14.2 Å². The Morgan fingerprint density at radius 3 is 2.67 bits per heavy atom. The van der Waals surface area contributed by atoms with Crippen molar-refractivity contribution in [2.45, 2.75) is 44.4 Å². The molecule has 3 rings (SSSR count). The van der Waals surface area contributed by atoms with Crippen molar-refractivity contribution >= 4 is 0 Å². The van der Waals surface area contributed by atoms with E-state index in [4.69, 9.17) is 14.2 Å². The molecule has 116 valence electrons. The van der Waals surface area contributed by atoms with Crippen LogP contribution >= 0.6 is 0 Å². The van der Waals surface area contributed by atoms with Crippen LogP contribution < -0.4 is 10.1 Å². The van der Waals surface area contributed by atoms with Crippen molar-refractivity contribution in [2.75, 3.05) is 26.4 Å². The highest BCUT2D eigenvalue weighted by Crippen LogP contribution is 2.28. The molecule has 2 fully saturated rings. The van der Waals surface area contributed by atoms with E-state index in [2.05, 4.69) is 36.5 Å². The SMILES string of the molecule is CCCNC(c1ccc(OC2CC2)cc1)C1COCCO1. The van der Waals surface area contributed by atoms with E-state index in [1.54, 1.807) is 0 Å². The van der Waals surface area contributed by atoms with Gasteiger partial charge in [0.25, 0.3) is 0 Å². The van der Waals surface area contributed by atoms with Gasteiger partial charge in [-0.1, -0.05) is 19.1 Å². The Hall–Kier alpha value is -1.10. The number of benzene rings is 1. The molecular formula is C17H25NO3. The van der Waals surface area contributed by atoms with Gasteiger partial charge in [0.15, 0.2) is 0 Å². The van der Waals surface area contributed by atoms with Crippen molar-refractivity contribution in [3.8, 4) is 5.75 Å². The zero-order valence-corrected chi connectivity index (χ0v) is 12.7. The van der Waals surface area contributed by atoms with Gasteiger partial charge in [-0.05, 0) is 43.5 Å². The fraction of sp³-hybridized carbons (Fsp3) is 0.647. The highest BCUT2D eigenvalue weighted by atomic mass is 16.6. The van der Waals surface area contributed by atoms with Gasteiger partial charge in [0.05, 0.1) is 32.0 Å². The first-order valence-electron chi connectivity index (χ1n) is 8.06. The summed E-state index contributed by atoms with van der Waals surface area (Å²) < 4.78 is 17.2. The first-order valence-corrected chi connectivity index (χ1v) is 8.06. The largest absolute Gasteiger partial charge is 0.490 e. The van der Waals surface area contributed by atoms with Crippen molar-refractivity contribution in [2.24, 2.45) is 0 Å². The molecule has 1 saturated heterocycles. The van der Waals surface area contributed by atoms with Crippen LogP contribution in [0.1, 0.15) is 37.8 Å². The van der Waals surface area contributed by atoms with E-state index in [0.717, 1.165) is 18.7 Å². The third-order valence-corrected chi connectivity index (χ3v) is 3.89. The average Bonchev–Trinajstić information content (AvgIpc) is 3.34. The monoisotopic (exact) mass is 291 g/mol. The molecule has 0 radical (unpaired) electrons. The lowest BCUT2D eigenvalue weighted by atomic mass is 10.0. The van der Waals surface area contributed by atoms with Crippen LogP contribution in [0.5, 0.6) is 5.75 Å². The Morgan fingerprint density at radius 1 is 1.24 bits per heavy atom. The highest BCUT2D eigenvalue weighted by molar-refractivity contribution is 5.30. The van der Waals surface area contributed by atoms with Crippen molar-refractivity contribution in [3.63, 3.8) is 0 Å². The van der Waals surface area contributed by atoms with Crippen molar-refractivity contribution in [3.05, 3.63) is 29.8 Å². The third-order valence-electron chi connectivity index (χ3n) is 3.89. The lowest BCUT2D eigenvalue weighted by Crippen LogP contribution is -2.40. The molecule has 21 heavy (non-hydrogen) atoms. The van der Waals surface area contributed by atoms with Crippen LogP contribution in [0.3, 0.4) is 0 Å². The van der Waals surface area contributed by atoms with E-state index in [-0.39, 0.29) is 12.1 Å². The molecule has 1 saturated carbocycles. The van der Waals surface area contributed by atoms with E-state index in [9.17, 15) is 0 Å². The minimum Gasteiger partial charge on any atom is -0.490 e. The maximum atomic E-state index is 5.88. The molecule has 1 N–H and O–H groups in total. The van der Waals surface area contributed by atoms with Gasteiger partial charge in [0.2, 0.25) is 0 Å². The van der Waals surface area contributed by atoms with Gasteiger partial charge in [0.1, 0.15) is 11.9 Å². The van der Waals surface area contributed by atoms with E-state index in [1.165, 1.54) is 18.4 Å². The fourth-order valence-corrected chi connectivity index (χ4v) is 2.59. The van der Waals surface area contributed by atoms with Crippen LogP contribution in [-0.2, 0) is 9.47 Å². The molecule has 0 spiro atoms. The Balaban J connectivity index is 1.67. The first-order chi connectivity index (χ1) is 10.4. The van der Waals surface area contributed by atoms with E-state index in [1.807, 2.05) is 0 Å². The summed E-state index contributed by atoms with van der Waals surface area (Å²) in [5, 5.41) is 3.58. The van der Waals surface area contributed by atoms with Crippen LogP contribution in [0.15, 0.2) is 24.3 Å². The second kappa shape index (κ2) is 7.25. The summed E-state index contributed by atoms with van der Waals surface area (Å²) in [7, 11) is 0. The zero-order valence-electron chi connectivity index (χ0n) is 12.7. The van der Waals surface area contributed by atoms with Crippen LogP contribution in [0.4, 0.5) is 0 Å². The molecule has 2 atom stereocenters. The van der Waals surface area contributed by atoms with Gasteiger partial charge < -0.3 is 19.5 Å². The average molecular weight is 291 g/mol. The number of ether oxygens (including phenoxy) is 3. The maximum absolute atomic E-state index is 5.88. The standard InChI is InChI=1S/C17H25NO3/c1-2-9-18-17(16-12-19-10-11-20-16)13-3-5-14(6-4-13)21-15-7-8-15/h3-6,15-18H,2,7-12H2,1H3. The lowest BCUT2D eigenvalue weighted by molar-refractivity contribution is -0.102. The molecule has 0 amide bonds. The molecule has 0 bridgehead atoms. The summed E-state index contributed by atoms with van der Waals surface area (Å²) in [6.07, 6.45) is 4.01. The summed E-state index contributed by atoms with van der Waals surface area (Å²) in [4.78, 5) is 0. The quantitative estimate of drug-likeness (QED) is 0.838. The fourth-order valence-electron chi connectivity index (χ4n) is 2.59. The van der Waals surface area contributed by atoms with E-state index >= 15 is 0 Å². The second-order valence-corrected chi connectivity index (χ2v) is 5.80. The van der Waals surface area contributed by atoms with Crippen LogP contribution in [-0.4, -0.2) is 38.6 Å². The Labute approximate surface area is 126 Å². The van der Waals surface area contributed by atoms with Crippen LogP contribution in [0.2, 0.25) is 0 Å². The van der Waals surface area contributed by atoms with Crippen LogP contribution in [0, 0.1) is 0 Å². The molecule has 0 aromatic heterocycles. The van der Waals surface area contributed by atoms with Crippen molar-refractivity contribution in [1.29, 1.82) is 0 Å². The van der Waals surface area contributed by atoms with Gasteiger partial charge in [-0.2, -0.15) is 0 Å². The van der Waals surface area contributed by atoms with Crippen LogP contribution in [0.25, 0.3) is 0 Å². The topological polar surface area (TPSA) is 39.7 Å². The number of hydrogen-bond donors (Lipinski definition) is 1. The predicted octanol–water partition coefficient (Wildman–Crippen LogP) is 2.68. The summed E-state index contributed by atoms with van der Waals surface area (Å²) in [6.45, 7) is 5.18. The lowest BCUT2D eigenvalue weighted by Gasteiger charge is -2.31. The summed E-state index contributed by atoms with van der Waals surface area (Å²) in [5.41, 5.74) is 1.24. The summed E-state index contributed by atoms with van der Waals surface area (Å²) >= 11 is 0. The molecule has 1 aliphatic carbocycles. The molecule has 1 aromatic carbocycles. The third kappa shape index (κ3) is 4.19. The molecule has 1 heterocycles. The molecule has 1 aromatic rings. The normalized spacial score (nSPS) is 23.8. The van der Waals surface area contributed by atoms with Gasteiger partial charge in [-0.25, -0.2) is 0 Å². The van der Waals surface area contributed by atoms with Crippen molar-refractivity contribution in [1.82, 2.24) is 5.32 Å². The van der Waals surface area contributed by atoms with Gasteiger partial charge in [0, 0.05) is 0 Å². The smallest absolute Gasteiger partial charge is 0.119 e. The predicted molar refractivity (Wildman–Crippen MR) is 81.7 cm³/mol. The molecule has 2 unspecified atom stereocenters. The minimum atomic E-state index is 0.0838. The second-order valence-electron chi connectivity index (χ2n) is 5.80. The number of rotatable bonds is 7. The van der Waals surface area contributed by atoms with Gasteiger partial charge in [-0.3, -0.25) is 0 Å². The van der Waals surface area contributed by atoms with E-state index in [0.29, 0.717) is 25.9 Å². The first kappa shape index (κ1) is 14.8. The van der Waals surface area contributed by atoms with Gasteiger partial charge in [-0.15, -0.1) is 0 Å². The Kier molecular flexibility index (Phi) is 5.12. The molecule has 2 aliphatic rings. The summed E-state index contributed by atoms with van der Waals surface area (Å²) in [6, 6.07) is 8.60.